The first kappa shape index (κ1) is 27.8. The lowest BCUT2D eigenvalue weighted by molar-refractivity contribution is 0.572. The maximum atomic E-state index is 6.93. The Balaban J connectivity index is 1.45. The molecule has 3 heterocycles. The molecule has 0 bridgehead atoms. The number of aromatic nitrogens is 2. The molecule has 0 fully saturated rings. The first-order chi connectivity index (χ1) is 23.7. The van der Waals surface area contributed by atoms with Gasteiger partial charge in [-0.1, -0.05) is 109 Å². The molecule has 0 atom stereocenters. The highest BCUT2D eigenvalue weighted by Gasteiger charge is 2.27. The van der Waals surface area contributed by atoms with Gasteiger partial charge in [0.1, 0.15) is 11.5 Å². The van der Waals surface area contributed by atoms with Crippen LogP contribution in [-0.2, 0) is 0 Å². The van der Waals surface area contributed by atoms with Gasteiger partial charge in [-0.15, -0.1) is 6.42 Å². The Kier molecular flexibility index (Phi) is 6.42. The second-order valence-corrected chi connectivity index (χ2v) is 12.0. The summed E-state index contributed by atoms with van der Waals surface area (Å²) in [5.74, 6) is 4.41. The van der Waals surface area contributed by atoms with E-state index in [2.05, 4.69) is 115 Å². The zero-order valence-electron chi connectivity index (χ0n) is 26.2. The van der Waals surface area contributed by atoms with Crippen molar-refractivity contribution in [1.82, 2.24) is 9.97 Å². The number of nitrogens with zero attached hydrogens (tertiary/aromatic N) is 2. The fourth-order valence-electron chi connectivity index (χ4n) is 7.31. The monoisotopic (exact) mass is 612 g/mol. The van der Waals surface area contributed by atoms with Gasteiger partial charge in [-0.2, -0.15) is 0 Å². The van der Waals surface area contributed by atoms with Crippen molar-refractivity contribution in [3.05, 3.63) is 151 Å². The molecule has 0 aliphatic heterocycles. The standard InChI is InChI=1S/C45H28N2O/c1-3-13-39-32(4-2)41(38-27-31-16-11-24-46-43(31)44-37(38)21-12-25-47-44)45(48-39)42-35-19-9-7-17-33(35)40(34-18-8-10-20-36(34)42)30-23-22-28-14-5-6-15-29(28)26-30/h2-3,5-27H,1H3/b13-3-. The Labute approximate surface area is 277 Å². The molecule has 0 N–H and O–H groups in total. The van der Waals surface area contributed by atoms with Gasteiger partial charge in [-0.3, -0.25) is 9.97 Å². The Morgan fingerprint density at radius 1 is 0.583 bits per heavy atom. The molecule has 224 valence electrons. The minimum absolute atomic E-state index is 0.653. The molecular weight excluding hydrogens is 585 g/mol. The summed E-state index contributed by atoms with van der Waals surface area (Å²) in [4.78, 5) is 9.51. The molecule has 0 radical (unpaired) electrons. The van der Waals surface area contributed by atoms with Crippen molar-refractivity contribution in [2.45, 2.75) is 6.92 Å². The van der Waals surface area contributed by atoms with E-state index in [0.29, 0.717) is 11.3 Å². The summed E-state index contributed by atoms with van der Waals surface area (Å²) in [5.41, 5.74) is 7.62. The Morgan fingerprint density at radius 3 is 1.90 bits per heavy atom. The van der Waals surface area contributed by atoms with Gasteiger partial charge < -0.3 is 4.42 Å². The smallest absolute Gasteiger partial charge is 0.145 e. The van der Waals surface area contributed by atoms with Crippen LogP contribution in [0.4, 0.5) is 0 Å². The normalized spacial score (nSPS) is 11.8. The topological polar surface area (TPSA) is 38.9 Å². The summed E-state index contributed by atoms with van der Waals surface area (Å²) >= 11 is 0. The SMILES string of the molecule is C#Cc1c(/C=C\C)oc(-c2c3ccccc3c(-c3ccc4ccccc4c3)c3ccccc23)c1-c1cc2cccnc2c2ncccc12. The van der Waals surface area contributed by atoms with Crippen molar-refractivity contribution in [1.29, 1.82) is 0 Å². The van der Waals surface area contributed by atoms with Crippen molar-refractivity contribution < 1.29 is 4.42 Å². The highest BCUT2D eigenvalue weighted by atomic mass is 16.3. The summed E-state index contributed by atoms with van der Waals surface area (Å²) < 4.78 is 6.93. The molecule has 3 aromatic heterocycles. The van der Waals surface area contributed by atoms with Crippen molar-refractivity contribution >= 4 is 60.2 Å². The summed E-state index contributed by atoms with van der Waals surface area (Å²) in [6.45, 7) is 1.98. The van der Waals surface area contributed by atoms with Crippen LogP contribution in [0.2, 0.25) is 0 Å². The van der Waals surface area contributed by atoms with E-state index in [1.54, 1.807) is 0 Å². The number of hydrogen-bond acceptors (Lipinski definition) is 3. The van der Waals surface area contributed by atoms with Crippen molar-refractivity contribution in [3.63, 3.8) is 0 Å². The summed E-state index contributed by atoms with van der Waals surface area (Å²) in [6.07, 6.45) is 13.9. The number of fused-ring (bicyclic) bond motifs is 6. The van der Waals surface area contributed by atoms with Crippen molar-refractivity contribution in [2.75, 3.05) is 0 Å². The van der Waals surface area contributed by atoms with E-state index in [-0.39, 0.29) is 0 Å². The number of benzene rings is 6. The Hall–Kier alpha value is -6.50. The van der Waals surface area contributed by atoms with Crippen LogP contribution < -0.4 is 0 Å². The third kappa shape index (κ3) is 4.17. The molecule has 0 spiro atoms. The molecule has 0 saturated heterocycles. The summed E-state index contributed by atoms with van der Waals surface area (Å²) in [7, 11) is 0. The van der Waals surface area contributed by atoms with Crippen LogP contribution in [0.25, 0.3) is 93.8 Å². The van der Waals surface area contributed by atoms with E-state index in [4.69, 9.17) is 20.8 Å². The van der Waals surface area contributed by atoms with Crippen LogP contribution in [0.15, 0.2) is 144 Å². The maximum absolute atomic E-state index is 6.93. The van der Waals surface area contributed by atoms with E-state index >= 15 is 0 Å². The zero-order chi connectivity index (χ0) is 32.2. The molecule has 0 aliphatic rings. The number of allylic oxidation sites excluding steroid dienone is 1. The molecule has 3 nitrogen and oxygen atoms in total. The quantitative estimate of drug-likeness (QED) is 0.113. The Morgan fingerprint density at radius 2 is 1.19 bits per heavy atom. The third-order valence-electron chi connectivity index (χ3n) is 9.32. The molecule has 0 amide bonds. The van der Waals surface area contributed by atoms with E-state index in [1.165, 1.54) is 21.9 Å². The van der Waals surface area contributed by atoms with Crippen LogP contribution in [0.1, 0.15) is 18.2 Å². The maximum Gasteiger partial charge on any atom is 0.145 e. The molecule has 9 rings (SSSR count). The molecule has 0 unspecified atom stereocenters. The average Bonchev–Trinajstić information content (AvgIpc) is 3.50. The summed E-state index contributed by atoms with van der Waals surface area (Å²) in [6, 6.07) is 42.8. The third-order valence-corrected chi connectivity index (χ3v) is 9.32. The fourth-order valence-corrected chi connectivity index (χ4v) is 7.31. The second kappa shape index (κ2) is 11.1. The number of terminal acetylenes is 1. The van der Waals surface area contributed by atoms with Gasteiger partial charge in [-0.05, 0) is 86.3 Å². The van der Waals surface area contributed by atoms with Crippen LogP contribution in [0.3, 0.4) is 0 Å². The van der Waals surface area contributed by atoms with Gasteiger partial charge in [0.15, 0.2) is 0 Å². The highest BCUT2D eigenvalue weighted by Crippen LogP contribution is 2.50. The molecular formula is C45H28N2O. The molecule has 9 aromatic rings. The number of pyridine rings is 2. The van der Waals surface area contributed by atoms with E-state index in [9.17, 15) is 0 Å². The van der Waals surface area contributed by atoms with E-state index in [1.807, 2.05) is 43.6 Å². The second-order valence-electron chi connectivity index (χ2n) is 12.0. The predicted octanol–water partition coefficient (Wildman–Crippen LogP) is 11.9. The van der Waals surface area contributed by atoms with Gasteiger partial charge in [0.25, 0.3) is 0 Å². The molecule has 3 heteroatoms. The van der Waals surface area contributed by atoms with Gasteiger partial charge in [-0.25, -0.2) is 0 Å². The molecule has 48 heavy (non-hydrogen) atoms. The first-order valence-corrected chi connectivity index (χ1v) is 16.1. The number of rotatable bonds is 4. The van der Waals surface area contributed by atoms with Crippen molar-refractivity contribution in [2.24, 2.45) is 0 Å². The molecule has 0 aliphatic carbocycles. The molecule has 6 aromatic carbocycles. The lowest BCUT2D eigenvalue weighted by Crippen LogP contribution is -1.93. The predicted molar refractivity (Wildman–Crippen MR) is 201 cm³/mol. The van der Waals surface area contributed by atoms with Gasteiger partial charge in [0.2, 0.25) is 0 Å². The zero-order valence-corrected chi connectivity index (χ0v) is 26.2. The van der Waals surface area contributed by atoms with Crippen LogP contribution in [-0.4, -0.2) is 9.97 Å². The average molecular weight is 613 g/mol. The van der Waals surface area contributed by atoms with Gasteiger partial charge in [0, 0.05) is 34.3 Å². The lowest BCUT2D eigenvalue weighted by Gasteiger charge is -2.18. The van der Waals surface area contributed by atoms with E-state index in [0.717, 1.165) is 65.8 Å². The number of hydrogen-bond donors (Lipinski definition) is 0. The summed E-state index contributed by atoms with van der Waals surface area (Å²) in [5, 5.41) is 8.86. The largest absolute Gasteiger partial charge is 0.455 e. The van der Waals surface area contributed by atoms with Crippen LogP contribution in [0.5, 0.6) is 0 Å². The lowest BCUT2D eigenvalue weighted by atomic mass is 9.85. The van der Waals surface area contributed by atoms with Gasteiger partial charge in [0.05, 0.1) is 16.6 Å². The molecule has 0 saturated carbocycles. The highest BCUT2D eigenvalue weighted by molar-refractivity contribution is 6.23. The van der Waals surface area contributed by atoms with Crippen molar-refractivity contribution in [3.8, 4) is 45.9 Å². The van der Waals surface area contributed by atoms with Gasteiger partial charge >= 0.3 is 0 Å². The van der Waals surface area contributed by atoms with Crippen LogP contribution in [0, 0.1) is 12.3 Å². The van der Waals surface area contributed by atoms with E-state index < -0.39 is 0 Å². The fraction of sp³-hybridized carbons (Fsp3) is 0.0222. The van der Waals surface area contributed by atoms with Crippen LogP contribution >= 0.6 is 0 Å². The Bertz CT molecular complexity index is 2760. The first-order valence-electron chi connectivity index (χ1n) is 16.1. The minimum Gasteiger partial charge on any atom is -0.455 e. The minimum atomic E-state index is 0.653. The number of furan rings is 1.